The number of amides is 1. The molecule has 0 spiro atoms. The van der Waals surface area contributed by atoms with Crippen molar-refractivity contribution in [2.24, 2.45) is 5.92 Å². The van der Waals surface area contributed by atoms with E-state index >= 15 is 0 Å². The van der Waals surface area contributed by atoms with Gasteiger partial charge < -0.3 is 14.8 Å². The fraction of sp³-hybridized carbons (Fsp3) is 0.900. The summed E-state index contributed by atoms with van der Waals surface area (Å²) in [7, 11) is 1.58. The smallest absolute Gasteiger partial charge is 0.407 e. The van der Waals surface area contributed by atoms with Crippen molar-refractivity contribution < 1.29 is 22.7 Å². The maximum atomic E-state index is 11.6. The van der Waals surface area contributed by atoms with Crippen LogP contribution >= 0.6 is 10.7 Å². The molecule has 0 aliphatic carbocycles. The molecule has 0 radical (unpaired) electrons. The Morgan fingerprint density at radius 2 is 2.06 bits per heavy atom. The summed E-state index contributed by atoms with van der Waals surface area (Å²) in [6.45, 7) is 5.76. The van der Waals surface area contributed by atoms with Crippen molar-refractivity contribution >= 4 is 25.8 Å². The minimum atomic E-state index is -3.61. The Morgan fingerprint density at radius 3 is 2.56 bits per heavy atom. The lowest BCUT2D eigenvalue weighted by atomic mass is 10.1. The van der Waals surface area contributed by atoms with Crippen LogP contribution in [0.25, 0.3) is 0 Å². The molecule has 1 saturated heterocycles. The van der Waals surface area contributed by atoms with E-state index in [1.165, 1.54) is 0 Å². The molecule has 0 aromatic heterocycles. The summed E-state index contributed by atoms with van der Waals surface area (Å²) >= 11 is 0. The van der Waals surface area contributed by atoms with E-state index in [4.69, 9.17) is 20.2 Å². The van der Waals surface area contributed by atoms with Gasteiger partial charge in [0.15, 0.2) is 0 Å². The van der Waals surface area contributed by atoms with E-state index < -0.39 is 26.8 Å². The van der Waals surface area contributed by atoms with Gasteiger partial charge in [-0.1, -0.05) is 0 Å². The fourth-order valence-corrected chi connectivity index (χ4v) is 2.96. The molecular weight excluding hydrogens is 282 g/mol. The minimum Gasteiger partial charge on any atom is -0.444 e. The molecule has 6 nitrogen and oxygen atoms in total. The molecule has 1 rings (SSSR count). The molecule has 1 heterocycles. The summed E-state index contributed by atoms with van der Waals surface area (Å²) in [5.74, 6) is -0.574. The van der Waals surface area contributed by atoms with Gasteiger partial charge >= 0.3 is 6.09 Å². The lowest BCUT2D eigenvalue weighted by Gasteiger charge is -2.23. The molecule has 0 aromatic rings. The highest BCUT2D eigenvalue weighted by molar-refractivity contribution is 8.13. The number of hydrogen-bond donors (Lipinski definition) is 1. The minimum absolute atomic E-state index is 0.227. The lowest BCUT2D eigenvalue weighted by molar-refractivity contribution is 0.0492. The molecule has 1 fully saturated rings. The van der Waals surface area contributed by atoms with E-state index in [1.54, 1.807) is 20.8 Å². The normalized spacial score (nSPS) is 24.9. The Hall–Kier alpha value is -0.530. The third kappa shape index (κ3) is 5.88. The second kappa shape index (κ2) is 5.63. The lowest BCUT2D eigenvalue weighted by Crippen LogP contribution is -2.44. The SMILES string of the molecule is CC(C)(C)OC(=O)NC1COCC1CS(=O)(=O)Cl. The van der Waals surface area contributed by atoms with Gasteiger partial charge in [0.2, 0.25) is 9.05 Å². The molecule has 18 heavy (non-hydrogen) atoms. The van der Waals surface area contributed by atoms with Gasteiger partial charge in [-0.2, -0.15) is 0 Å². The van der Waals surface area contributed by atoms with Crippen LogP contribution in [0, 0.1) is 5.92 Å². The highest BCUT2D eigenvalue weighted by atomic mass is 35.7. The molecule has 0 bridgehead atoms. The first-order valence-corrected chi connectivity index (χ1v) is 8.04. The van der Waals surface area contributed by atoms with Crippen molar-refractivity contribution in [2.75, 3.05) is 19.0 Å². The zero-order chi connectivity index (χ0) is 14.0. The number of carbonyl (C=O) groups excluding carboxylic acids is 1. The van der Waals surface area contributed by atoms with Crippen molar-refractivity contribution in [3.05, 3.63) is 0 Å². The van der Waals surface area contributed by atoms with Crippen molar-refractivity contribution in [3.8, 4) is 0 Å². The molecule has 1 aliphatic rings. The fourth-order valence-electron chi connectivity index (χ4n) is 1.64. The molecule has 0 saturated carbocycles. The first-order chi connectivity index (χ1) is 8.07. The van der Waals surface area contributed by atoms with Crippen LogP contribution in [0.4, 0.5) is 4.79 Å². The van der Waals surface area contributed by atoms with E-state index in [2.05, 4.69) is 5.32 Å². The first-order valence-electron chi connectivity index (χ1n) is 5.56. The Bertz CT molecular complexity index is 403. The van der Waals surface area contributed by atoms with Crippen LogP contribution < -0.4 is 5.32 Å². The monoisotopic (exact) mass is 299 g/mol. The van der Waals surface area contributed by atoms with E-state index in [0.717, 1.165) is 0 Å². The topological polar surface area (TPSA) is 81.7 Å². The molecule has 2 atom stereocenters. The Kier molecular flexibility index (Phi) is 4.85. The molecule has 8 heteroatoms. The Balaban J connectivity index is 2.53. The number of ether oxygens (including phenoxy) is 2. The van der Waals surface area contributed by atoms with Crippen LogP contribution in [0.5, 0.6) is 0 Å². The average Bonchev–Trinajstić information content (AvgIpc) is 2.45. The Labute approximate surface area is 111 Å². The van der Waals surface area contributed by atoms with Gasteiger partial charge in [-0.05, 0) is 20.8 Å². The van der Waals surface area contributed by atoms with Crippen molar-refractivity contribution in [1.29, 1.82) is 0 Å². The number of halogens is 1. The summed E-state index contributed by atoms with van der Waals surface area (Å²) in [5.41, 5.74) is -0.600. The second-order valence-electron chi connectivity index (χ2n) is 5.26. The molecule has 106 valence electrons. The molecule has 0 aromatic carbocycles. The number of carbonyl (C=O) groups is 1. The molecule has 1 N–H and O–H groups in total. The van der Waals surface area contributed by atoms with Gasteiger partial charge in [0, 0.05) is 16.6 Å². The number of nitrogens with one attached hydrogen (secondary N) is 1. The van der Waals surface area contributed by atoms with Gasteiger partial charge in [0.05, 0.1) is 25.0 Å². The van der Waals surface area contributed by atoms with Crippen LogP contribution in [0.15, 0.2) is 0 Å². The zero-order valence-electron chi connectivity index (χ0n) is 10.6. The van der Waals surface area contributed by atoms with Crippen LogP contribution in [0.2, 0.25) is 0 Å². The van der Waals surface area contributed by atoms with Crippen molar-refractivity contribution in [1.82, 2.24) is 5.32 Å². The van der Waals surface area contributed by atoms with Gasteiger partial charge in [-0.15, -0.1) is 0 Å². The van der Waals surface area contributed by atoms with Crippen molar-refractivity contribution in [3.63, 3.8) is 0 Å². The molecular formula is C10H18ClNO5S. The van der Waals surface area contributed by atoms with E-state index in [-0.39, 0.29) is 24.9 Å². The third-order valence-electron chi connectivity index (χ3n) is 2.31. The summed E-state index contributed by atoms with van der Waals surface area (Å²) in [5, 5.41) is 2.60. The molecule has 1 amide bonds. The summed E-state index contributed by atoms with van der Waals surface area (Å²) in [6.07, 6.45) is -0.588. The number of rotatable bonds is 3. The first kappa shape index (κ1) is 15.5. The summed E-state index contributed by atoms with van der Waals surface area (Å²) in [6, 6.07) is -0.395. The van der Waals surface area contributed by atoms with Crippen LogP contribution in [-0.4, -0.2) is 45.1 Å². The highest BCUT2D eigenvalue weighted by Gasteiger charge is 2.33. The van der Waals surface area contributed by atoms with Crippen molar-refractivity contribution in [2.45, 2.75) is 32.4 Å². The average molecular weight is 300 g/mol. The van der Waals surface area contributed by atoms with E-state index in [0.29, 0.717) is 0 Å². The van der Waals surface area contributed by atoms with Crippen LogP contribution in [0.1, 0.15) is 20.8 Å². The van der Waals surface area contributed by atoms with Gasteiger partial charge in [0.25, 0.3) is 0 Å². The van der Waals surface area contributed by atoms with Crippen LogP contribution in [-0.2, 0) is 18.5 Å². The highest BCUT2D eigenvalue weighted by Crippen LogP contribution is 2.18. The van der Waals surface area contributed by atoms with E-state index in [1.807, 2.05) is 0 Å². The standard InChI is InChI=1S/C10H18ClNO5S/c1-10(2,3)17-9(13)12-8-5-16-4-7(8)6-18(11,14)15/h7-8H,4-6H2,1-3H3,(H,12,13). The van der Waals surface area contributed by atoms with Gasteiger partial charge in [-0.3, -0.25) is 0 Å². The maximum Gasteiger partial charge on any atom is 0.407 e. The quantitative estimate of drug-likeness (QED) is 0.789. The summed E-state index contributed by atoms with van der Waals surface area (Å²) < 4.78 is 32.3. The third-order valence-corrected chi connectivity index (χ3v) is 3.52. The number of hydrogen-bond acceptors (Lipinski definition) is 5. The van der Waals surface area contributed by atoms with Gasteiger partial charge in [-0.25, -0.2) is 13.2 Å². The second-order valence-corrected chi connectivity index (χ2v) is 8.08. The number of alkyl carbamates (subject to hydrolysis) is 1. The van der Waals surface area contributed by atoms with E-state index in [9.17, 15) is 13.2 Å². The molecule has 2 unspecified atom stereocenters. The zero-order valence-corrected chi connectivity index (χ0v) is 12.2. The predicted molar refractivity (Wildman–Crippen MR) is 67.1 cm³/mol. The Morgan fingerprint density at radius 1 is 1.44 bits per heavy atom. The summed E-state index contributed by atoms with van der Waals surface area (Å²) in [4.78, 5) is 11.6. The van der Waals surface area contributed by atoms with Gasteiger partial charge in [0.1, 0.15) is 5.60 Å². The molecule has 1 aliphatic heterocycles. The largest absolute Gasteiger partial charge is 0.444 e. The maximum absolute atomic E-state index is 11.6. The van der Waals surface area contributed by atoms with Crippen LogP contribution in [0.3, 0.4) is 0 Å². The predicted octanol–water partition coefficient (Wildman–Crippen LogP) is 1.09.